The lowest BCUT2D eigenvalue weighted by Crippen LogP contribution is -2.24. The van der Waals surface area contributed by atoms with Crippen molar-refractivity contribution in [3.63, 3.8) is 0 Å². The van der Waals surface area contributed by atoms with Crippen LogP contribution in [0.25, 0.3) is 0 Å². The Morgan fingerprint density at radius 3 is 2.76 bits per heavy atom. The van der Waals surface area contributed by atoms with Gasteiger partial charge in [-0.15, -0.1) is 0 Å². The Bertz CT molecular complexity index is 399. The van der Waals surface area contributed by atoms with Gasteiger partial charge in [0, 0.05) is 6.54 Å². The van der Waals surface area contributed by atoms with Gasteiger partial charge in [0.05, 0.1) is 0 Å². The molecule has 1 saturated heterocycles. The van der Waals surface area contributed by atoms with E-state index in [1.165, 1.54) is 31.5 Å². The first-order valence-electron chi connectivity index (χ1n) is 6.45. The van der Waals surface area contributed by atoms with E-state index in [0.717, 1.165) is 18.0 Å². The predicted octanol–water partition coefficient (Wildman–Crippen LogP) is 2.61. The lowest BCUT2D eigenvalue weighted by Gasteiger charge is -2.20. The van der Waals surface area contributed by atoms with Crippen molar-refractivity contribution >= 4 is 0 Å². The summed E-state index contributed by atoms with van der Waals surface area (Å²) in [5.74, 6) is 2.33. The van der Waals surface area contributed by atoms with Gasteiger partial charge in [0.2, 0.25) is 6.79 Å². The molecular formula is C14H19NO2. The van der Waals surface area contributed by atoms with Crippen molar-refractivity contribution in [2.24, 2.45) is 0 Å². The average Bonchev–Trinajstić information content (AvgIpc) is 2.97. The number of ether oxygens (including phenoxy) is 2. The smallest absolute Gasteiger partial charge is 0.231 e. The van der Waals surface area contributed by atoms with Crippen LogP contribution in [0.5, 0.6) is 11.5 Å². The summed E-state index contributed by atoms with van der Waals surface area (Å²) in [6.45, 7) is 6.32. The van der Waals surface area contributed by atoms with Crippen LogP contribution >= 0.6 is 0 Å². The van der Waals surface area contributed by atoms with Crippen LogP contribution in [-0.4, -0.2) is 31.3 Å². The van der Waals surface area contributed by atoms with E-state index in [-0.39, 0.29) is 0 Å². The number of nitrogens with zero attached hydrogens (tertiary/aromatic N) is 1. The summed E-state index contributed by atoms with van der Waals surface area (Å²) in [5.41, 5.74) is 1.35. The van der Waals surface area contributed by atoms with Crippen molar-refractivity contribution in [1.82, 2.24) is 4.90 Å². The SMILES string of the molecule is CC(CN1CCCC1)c1ccc2c(c1)OCO2. The van der Waals surface area contributed by atoms with Crippen molar-refractivity contribution in [2.45, 2.75) is 25.7 Å². The maximum atomic E-state index is 5.42. The topological polar surface area (TPSA) is 21.7 Å². The quantitative estimate of drug-likeness (QED) is 0.801. The molecule has 0 N–H and O–H groups in total. The van der Waals surface area contributed by atoms with Crippen LogP contribution in [0, 0.1) is 0 Å². The predicted molar refractivity (Wildman–Crippen MR) is 66.7 cm³/mol. The lowest BCUT2D eigenvalue weighted by atomic mass is 10.0. The number of rotatable bonds is 3. The number of hydrogen-bond acceptors (Lipinski definition) is 3. The van der Waals surface area contributed by atoms with Crippen LogP contribution in [-0.2, 0) is 0 Å². The van der Waals surface area contributed by atoms with E-state index in [1.807, 2.05) is 6.07 Å². The molecule has 2 heterocycles. The van der Waals surface area contributed by atoms with Gasteiger partial charge in [-0.1, -0.05) is 13.0 Å². The molecule has 0 saturated carbocycles. The minimum absolute atomic E-state index is 0.360. The first-order chi connectivity index (χ1) is 8.33. The normalized spacial score (nSPS) is 20.8. The Labute approximate surface area is 102 Å². The van der Waals surface area contributed by atoms with Gasteiger partial charge in [-0.05, 0) is 49.5 Å². The summed E-state index contributed by atoms with van der Waals surface area (Å²) in [7, 11) is 0. The highest BCUT2D eigenvalue weighted by molar-refractivity contribution is 5.45. The Morgan fingerprint density at radius 1 is 1.18 bits per heavy atom. The summed E-state index contributed by atoms with van der Waals surface area (Å²) in [6.07, 6.45) is 2.71. The van der Waals surface area contributed by atoms with Gasteiger partial charge in [0.1, 0.15) is 0 Å². The minimum atomic E-state index is 0.360. The van der Waals surface area contributed by atoms with Gasteiger partial charge in [0.25, 0.3) is 0 Å². The van der Waals surface area contributed by atoms with Crippen molar-refractivity contribution in [3.05, 3.63) is 23.8 Å². The van der Waals surface area contributed by atoms with Crippen LogP contribution in [0.2, 0.25) is 0 Å². The monoisotopic (exact) mass is 233 g/mol. The van der Waals surface area contributed by atoms with E-state index >= 15 is 0 Å². The zero-order valence-electron chi connectivity index (χ0n) is 10.3. The Kier molecular flexibility index (Phi) is 2.93. The van der Waals surface area contributed by atoms with E-state index in [4.69, 9.17) is 9.47 Å². The van der Waals surface area contributed by atoms with Crippen LogP contribution < -0.4 is 9.47 Å². The standard InChI is InChI=1S/C14H19NO2/c1-11(9-15-6-2-3-7-15)12-4-5-13-14(8-12)17-10-16-13/h4-5,8,11H,2-3,6-7,9-10H2,1H3. The summed E-state index contributed by atoms with van der Waals surface area (Å²) in [4.78, 5) is 2.55. The van der Waals surface area contributed by atoms with Gasteiger partial charge in [0.15, 0.2) is 11.5 Å². The second kappa shape index (κ2) is 4.57. The molecule has 3 rings (SSSR count). The molecule has 0 amide bonds. The first-order valence-corrected chi connectivity index (χ1v) is 6.45. The molecule has 92 valence electrons. The highest BCUT2D eigenvalue weighted by Crippen LogP contribution is 2.34. The van der Waals surface area contributed by atoms with Gasteiger partial charge >= 0.3 is 0 Å². The summed E-state index contributed by atoms with van der Waals surface area (Å²) in [6, 6.07) is 6.31. The van der Waals surface area contributed by atoms with Gasteiger partial charge in [-0.25, -0.2) is 0 Å². The molecular weight excluding hydrogens is 214 g/mol. The minimum Gasteiger partial charge on any atom is -0.454 e. The molecule has 3 heteroatoms. The molecule has 17 heavy (non-hydrogen) atoms. The van der Waals surface area contributed by atoms with Crippen molar-refractivity contribution in [1.29, 1.82) is 0 Å². The first kappa shape index (κ1) is 10.9. The van der Waals surface area contributed by atoms with Crippen LogP contribution in [0.4, 0.5) is 0 Å². The number of likely N-dealkylation sites (tertiary alicyclic amines) is 1. The van der Waals surface area contributed by atoms with Gasteiger partial charge in [-0.3, -0.25) is 0 Å². The molecule has 2 aliphatic rings. The molecule has 0 bridgehead atoms. The van der Waals surface area contributed by atoms with Gasteiger partial charge < -0.3 is 14.4 Å². The summed E-state index contributed by atoms with van der Waals surface area (Å²) in [5, 5.41) is 0. The highest BCUT2D eigenvalue weighted by atomic mass is 16.7. The fourth-order valence-electron chi connectivity index (χ4n) is 2.68. The second-order valence-electron chi connectivity index (χ2n) is 5.02. The van der Waals surface area contributed by atoms with Crippen LogP contribution in [0.1, 0.15) is 31.2 Å². The fraction of sp³-hybridized carbons (Fsp3) is 0.571. The number of hydrogen-bond donors (Lipinski definition) is 0. The Balaban J connectivity index is 1.70. The van der Waals surface area contributed by atoms with Gasteiger partial charge in [-0.2, -0.15) is 0 Å². The molecule has 1 atom stereocenters. The summed E-state index contributed by atoms with van der Waals surface area (Å²) >= 11 is 0. The zero-order chi connectivity index (χ0) is 11.7. The number of fused-ring (bicyclic) bond motifs is 1. The Morgan fingerprint density at radius 2 is 1.94 bits per heavy atom. The molecule has 1 aromatic carbocycles. The maximum absolute atomic E-state index is 5.42. The third-order valence-corrected chi connectivity index (χ3v) is 3.70. The van der Waals surface area contributed by atoms with Crippen molar-refractivity contribution in [3.8, 4) is 11.5 Å². The molecule has 1 unspecified atom stereocenters. The van der Waals surface area contributed by atoms with Crippen molar-refractivity contribution in [2.75, 3.05) is 26.4 Å². The number of benzene rings is 1. The molecule has 0 radical (unpaired) electrons. The lowest BCUT2D eigenvalue weighted by molar-refractivity contribution is 0.174. The van der Waals surface area contributed by atoms with E-state index in [1.54, 1.807) is 0 Å². The fourth-order valence-corrected chi connectivity index (χ4v) is 2.68. The average molecular weight is 233 g/mol. The molecule has 0 aromatic heterocycles. The van der Waals surface area contributed by atoms with Crippen LogP contribution in [0.15, 0.2) is 18.2 Å². The highest BCUT2D eigenvalue weighted by Gasteiger charge is 2.18. The third-order valence-electron chi connectivity index (χ3n) is 3.70. The van der Waals surface area contributed by atoms with Crippen molar-refractivity contribution < 1.29 is 9.47 Å². The molecule has 3 nitrogen and oxygen atoms in total. The van der Waals surface area contributed by atoms with E-state index < -0.39 is 0 Å². The Hall–Kier alpha value is -1.22. The largest absolute Gasteiger partial charge is 0.454 e. The molecule has 1 fully saturated rings. The summed E-state index contributed by atoms with van der Waals surface area (Å²) < 4.78 is 10.8. The van der Waals surface area contributed by atoms with Crippen LogP contribution in [0.3, 0.4) is 0 Å². The van der Waals surface area contributed by atoms with E-state index in [9.17, 15) is 0 Å². The molecule has 0 spiro atoms. The molecule has 1 aromatic rings. The molecule has 0 aliphatic carbocycles. The maximum Gasteiger partial charge on any atom is 0.231 e. The van der Waals surface area contributed by atoms with E-state index in [2.05, 4.69) is 24.0 Å². The molecule has 2 aliphatic heterocycles. The van der Waals surface area contributed by atoms with E-state index in [0.29, 0.717) is 12.7 Å². The third kappa shape index (κ3) is 2.25. The zero-order valence-corrected chi connectivity index (χ0v) is 10.3. The second-order valence-corrected chi connectivity index (χ2v) is 5.02.